The van der Waals surface area contributed by atoms with Crippen LogP contribution in [0.1, 0.15) is 0 Å². The summed E-state index contributed by atoms with van der Waals surface area (Å²) < 4.78 is 1.69. The number of aromatic hydroxyl groups is 1. The molecule has 1 heterocycles. The molecule has 0 saturated heterocycles. The fraction of sp³-hybridized carbons (Fsp3) is 0.182. The van der Waals surface area contributed by atoms with Gasteiger partial charge in [0.05, 0.1) is 5.97 Å². The highest BCUT2D eigenvalue weighted by Crippen LogP contribution is 2.23. The minimum absolute atomic E-state index is 0.165. The van der Waals surface area contributed by atoms with Crippen LogP contribution in [-0.2, 0) is 11.8 Å². The highest BCUT2D eigenvalue weighted by atomic mass is 32.2. The third-order valence-electron chi connectivity index (χ3n) is 2.28. The van der Waals surface area contributed by atoms with E-state index >= 15 is 0 Å². The van der Waals surface area contributed by atoms with Crippen LogP contribution in [0.4, 0.5) is 0 Å². The van der Waals surface area contributed by atoms with Crippen molar-refractivity contribution in [1.82, 2.24) is 14.8 Å². The molecule has 1 N–H and O–H groups in total. The van der Waals surface area contributed by atoms with Gasteiger partial charge in [0, 0.05) is 18.4 Å². The average Bonchev–Trinajstić information content (AvgIpc) is 2.69. The smallest absolute Gasteiger partial charge is 0.191 e. The van der Waals surface area contributed by atoms with Gasteiger partial charge in [0.1, 0.15) is 5.75 Å². The summed E-state index contributed by atoms with van der Waals surface area (Å²) in [5.41, 5.74) is 0.795. The van der Waals surface area contributed by atoms with Gasteiger partial charge in [-0.15, -0.1) is 10.2 Å². The number of aliphatic carboxylic acids is 1. The normalized spacial score (nSPS) is 10.5. The molecule has 2 aromatic rings. The summed E-state index contributed by atoms with van der Waals surface area (Å²) in [7, 11) is 1.75. The van der Waals surface area contributed by atoms with Gasteiger partial charge < -0.3 is 19.6 Å². The molecule has 0 unspecified atom stereocenters. The zero-order valence-corrected chi connectivity index (χ0v) is 10.3. The van der Waals surface area contributed by atoms with E-state index in [4.69, 9.17) is 0 Å². The molecule has 0 aliphatic heterocycles. The first-order chi connectivity index (χ1) is 8.58. The van der Waals surface area contributed by atoms with Gasteiger partial charge in [0.2, 0.25) is 0 Å². The van der Waals surface area contributed by atoms with E-state index in [9.17, 15) is 15.0 Å². The Morgan fingerprint density at radius 1 is 1.39 bits per heavy atom. The Morgan fingerprint density at radius 2 is 2.06 bits per heavy atom. The van der Waals surface area contributed by atoms with Crippen molar-refractivity contribution in [1.29, 1.82) is 0 Å². The maximum atomic E-state index is 10.4. The monoisotopic (exact) mass is 264 g/mol. The lowest BCUT2D eigenvalue weighted by Gasteiger charge is -2.04. The van der Waals surface area contributed by atoms with Crippen molar-refractivity contribution in [2.75, 3.05) is 5.75 Å². The number of carboxylic acids is 1. The number of aromatic nitrogens is 3. The molecular weight excluding hydrogens is 254 g/mol. The summed E-state index contributed by atoms with van der Waals surface area (Å²) in [4.78, 5) is 10.4. The number of phenols is 1. The zero-order valence-electron chi connectivity index (χ0n) is 9.53. The summed E-state index contributed by atoms with van der Waals surface area (Å²) in [6.07, 6.45) is 0. The molecule has 1 aromatic carbocycles. The quantitative estimate of drug-likeness (QED) is 0.783. The number of phenolic OH excluding ortho intramolecular Hbond substituents is 1. The molecule has 0 saturated carbocycles. The number of carboxylic acid groups (broad SMARTS) is 1. The molecule has 1 aromatic heterocycles. The summed E-state index contributed by atoms with van der Waals surface area (Å²) in [6, 6.07) is 6.54. The minimum Gasteiger partial charge on any atom is -0.549 e. The molecule has 0 aliphatic rings. The van der Waals surface area contributed by atoms with Gasteiger partial charge in [0.25, 0.3) is 0 Å². The van der Waals surface area contributed by atoms with Crippen molar-refractivity contribution in [3.05, 3.63) is 24.3 Å². The molecule has 0 radical (unpaired) electrons. The molecular formula is C11H10N3O3S-. The first-order valence-electron chi connectivity index (χ1n) is 5.09. The van der Waals surface area contributed by atoms with E-state index in [0.29, 0.717) is 11.0 Å². The Hall–Kier alpha value is -2.02. The first kappa shape index (κ1) is 12.4. The van der Waals surface area contributed by atoms with Gasteiger partial charge in [-0.1, -0.05) is 11.8 Å². The van der Waals surface area contributed by atoms with Gasteiger partial charge in [-0.25, -0.2) is 0 Å². The van der Waals surface area contributed by atoms with Crippen molar-refractivity contribution in [2.45, 2.75) is 5.16 Å². The van der Waals surface area contributed by atoms with Gasteiger partial charge >= 0.3 is 0 Å². The lowest BCUT2D eigenvalue weighted by molar-refractivity contribution is -0.301. The molecule has 2 rings (SSSR count). The Bertz CT molecular complexity index is 565. The van der Waals surface area contributed by atoms with E-state index < -0.39 is 5.97 Å². The lowest BCUT2D eigenvalue weighted by Crippen LogP contribution is -2.24. The van der Waals surface area contributed by atoms with Crippen molar-refractivity contribution in [2.24, 2.45) is 7.05 Å². The van der Waals surface area contributed by atoms with Gasteiger partial charge in [-0.05, 0) is 24.3 Å². The topological polar surface area (TPSA) is 91.1 Å². The molecule has 6 nitrogen and oxygen atoms in total. The summed E-state index contributed by atoms with van der Waals surface area (Å²) >= 11 is 1.05. The third kappa shape index (κ3) is 2.62. The Kier molecular flexibility index (Phi) is 3.52. The van der Waals surface area contributed by atoms with E-state index in [0.717, 1.165) is 17.3 Å². The number of rotatable bonds is 4. The summed E-state index contributed by atoms with van der Waals surface area (Å²) in [5.74, 6) is -0.529. The van der Waals surface area contributed by atoms with Gasteiger partial charge in [-0.2, -0.15) is 0 Å². The SMILES string of the molecule is Cn1c(SCC(=O)[O-])nnc1-c1ccc(O)cc1. The van der Waals surface area contributed by atoms with Crippen molar-refractivity contribution in [3.63, 3.8) is 0 Å². The summed E-state index contributed by atoms with van der Waals surface area (Å²) in [6.45, 7) is 0. The first-order valence-corrected chi connectivity index (χ1v) is 6.08. The van der Waals surface area contributed by atoms with Crippen LogP contribution in [0, 0.1) is 0 Å². The lowest BCUT2D eigenvalue weighted by atomic mass is 10.2. The number of carbonyl (C=O) groups excluding carboxylic acids is 1. The number of hydrogen-bond acceptors (Lipinski definition) is 6. The fourth-order valence-electron chi connectivity index (χ4n) is 1.43. The maximum absolute atomic E-state index is 10.4. The Balaban J connectivity index is 2.25. The molecule has 0 aliphatic carbocycles. The zero-order chi connectivity index (χ0) is 13.1. The van der Waals surface area contributed by atoms with E-state index in [1.54, 1.807) is 35.9 Å². The van der Waals surface area contributed by atoms with Crippen LogP contribution in [0.25, 0.3) is 11.4 Å². The molecule has 0 spiro atoms. The van der Waals surface area contributed by atoms with Crippen molar-refractivity contribution < 1.29 is 15.0 Å². The number of carbonyl (C=O) groups is 1. The molecule has 0 bridgehead atoms. The molecule has 0 atom stereocenters. The standard InChI is InChI=1S/C11H11N3O3S/c1-14-10(7-2-4-8(15)5-3-7)12-13-11(14)18-6-9(16)17/h2-5,15H,6H2,1H3,(H,16,17)/p-1. The van der Waals surface area contributed by atoms with Crippen molar-refractivity contribution >= 4 is 17.7 Å². The largest absolute Gasteiger partial charge is 0.549 e. The summed E-state index contributed by atoms with van der Waals surface area (Å²) in [5, 5.41) is 28.0. The minimum atomic E-state index is -1.14. The predicted octanol–water partition coefficient (Wildman–Crippen LogP) is 0.0297. The van der Waals surface area contributed by atoms with Crippen LogP contribution < -0.4 is 5.11 Å². The second-order valence-corrected chi connectivity index (χ2v) is 4.52. The second-order valence-electron chi connectivity index (χ2n) is 3.57. The van der Waals surface area contributed by atoms with Crippen LogP contribution in [0.15, 0.2) is 29.4 Å². The number of hydrogen-bond donors (Lipinski definition) is 1. The Morgan fingerprint density at radius 3 is 2.67 bits per heavy atom. The molecule has 0 fully saturated rings. The molecule has 7 heteroatoms. The van der Waals surface area contributed by atoms with Gasteiger partial charge in [0.15, 0.2) is 11.0 Å². The highest BCUT2D eigenvalue weighted by molar-refractivity contribution is 7.99. The number of nitrogens with zero attached hydrogens (tertiary/aromatic N) is 3. The van der Waals surface area contributed by atoms with Crippen LogP contribution in [0.3, 0.4) is 0 Å². The van der Waals surface area contributed by atoms with Crippen LogP contribution in [-0.4, -0.2) is 31.6 Å². The van der Waals surface area contributed by atoms with E-state index in [2.05, 4.69) is 10.2 Å². The number of benzene rings is 1. The average molecular weight is 264 g/mol. The van der Waals surface area contributed by atoms with E-state index in [1.807, 2.05) is 0 Å². The maximum Gasteiger partial charge on any atom is 0.191 e. The molecule has 0 amide bonds. The highest BCUT2D eigenvalue weighted by Gasteiger charge is 2.10. The predicted molar refractivity (Wildman–Crippen MR) is 63.8 cm³/mol. The number of thioether (sulfide) groups is 1. The van der Waals surface area contributed by atoms with Gasteiger partial charge in [-0.3, -0.25) is 0 Å². The Labute approximate surface area is 107 Å². The van der Waals surface area contributed by atoms with Crippen molar-refractivity contribution in [3.8, 4) is 17.1 Å². The van der Waals surface area contributed by atoms with Crippen LogP contribution >= 0.6 is 11.8 Å². The van der Waals surface area contributed by atoms with Crippen LogP contribution in [0.5, 0.6) is 5.75 Å². The van der Waals surface area contributed by atoms with E-state index in [1.165, 1.54) is 0 Å². The fourth-order valence-corrected chi connectivity index (χ4v) is 2.05. The van der Waals surface area contributed by atoms with Crippen LogP contribution in [0.2, 0.25) is 0 Å². The third-order valence-corrected chi connectivity index (χ3v) is 3.27. The second kappa shape index (κ2) is 5.09. The van der Waals surface area contributed by atoms with E-state index in [-0.39, 0.29) is 11.5 Å². The molecule has 18 heavy (non-hydrogen) atoms. The molecule has 94 valence electrons.